The zero-order valence-corrected chi connectivity index (χ0v) is 20.6. The van der Waals surface area contributed by atoms with Crippen molar-refractivity contribution in [1.82, 2.24) is 34.9 Å². The van der Waals surface area contributed by atoms with Crippen LogP contribution in [0.3, 0.4) is 0 Å². The molecule has 2 saturated heterocycles. The molecule has 2 N–H and O–H groups in total. The van der Waals surface area contributed by atoms with Gasteiger partial charge in [-0.15, -0.1) is 12.4 Å². The van der Waals surface area contributed by atoms with Crippen LogP contribution in [0.25, 0.3) is 16.7 Å². The Hall–Kier alpha value is -3.82. The Morgan fingerprint density at radius 2 is 2.00 bits per heavy atom. The number of hydrogen-bond donors (Lipinski definition) is 2. The summed E-state index contributed by atoms with van der Waals surface area (Å²) in [6, 6.07) is 15.8. The minimum atomic E-state index is 0. The molecule has 10 heteroatoms. The van der Waals surface area contributed by atoms with Gasteiger partial charge >= 0.3 is 0 Å². The first-order chi connectivity index (χ1) is 17.2. The summed E-state index contributed by atoms with van der Waals surface area (Å²) >= 11 is 0. The Morgan fingerprint density at radius 1 is 1.06 bits per heavy atom. The van der Waals surface area contributed by atoms with E-state index in [2.05, 4.69) is 78.9 Å². The number of anilines is 3. The van der Waals surface area contributed by atoms with Crippen LogP contribution in [-0.4, -0.2) is 54.7 Å². The summed E-state index contributed by atoms with van der Waals surface area (Å²) in [5, 5.41) is 11.2. The molecule has 2 unspecified atom stereocenters. The van der Waals surface area contributed by atoms with E-state index >= 15 is 0 Å². The number of nitrogens with zero attached hydrogens (tertiary/aromatic N) is 7. The molecule has 0 spiro atoms. The highest BCUT2D eigenvalue weighted by molar-refractivity contribution is 5.88. The lowest BCUT2D eigenvalue weighted by molar-refractivity contribution is 0.577. The fourth-order valence-corrected chi connectivity index (χ4v) is 5.32. The predicted octanol–water partition coefficient (Wildman–Crippen LogP) is 3.68. The number of fused-ring (bicyclic) bond motifs is 4. The predicted molar refractivity (Wildman–Crippen MR) is 142 cm³/mol. The summed E-state index contributed by atoms with van der Waals surface area (Å²) in [6.45, 7) is 4.17. The lowest BCUT2D eigenvalue weighted by Crippen LogP contribution is -2.44. The summed E-state index contributed by atoms with van der Waals surface area (Å²) in [7, 11) is 0. The van der Waals surface area contributed by atoms with E-state index in [1.165, 1.54) is 23.1 Å². The van der Waals surface area contributed by atoms with E-state index < -0.39 is 0 Å². The Bertz CT molecular complexity index is 1570. The number of halogens is 1. The fourth-order valence-electron chi connectivity index (χ4n) is 5.32. The van der Waals surface area contributed by atoms with E-state index in [0.29, 0.717) is 12.1 Å². The van der Waals surface area contributed by atoms with Gasteiger partial charge in [-0.3, -0.25) is 0 Å². The molecule has 0 radical (unpaired) electrons. The van der Waals surface area contributed by atoms with Gasteiger partial charge in [-0.2, -0.15) is 5.10 Å². The van der Waals surface area contributed by atoms with E-state index in [1.54, 1.807) is 17.2 Å². The largest absolute Gasteiger partial charge is 0.351 e. The SMILES string of the molecule is Cc1cc(Nc2ncnc3ccc(N4CC5CC4CN5)nc23)ccc1Cc1ccn2ncnc2c1.Cl. The number of aryl methyl sites for hydroxylation is 1. The Labute approximate surface area is 214 Å². The highest BCUT2D eigenvalue weighted by Crippen LogP contribution is 2.31. The van der Waals surface area contributed by atoms with Crippen LogP contribution in [0.2, 0.25) is 0 Å². The van der Waals surface area contributed by atoms with E-state index in [4.69, 9.17) is 4.98 Å². The molecule has 36 heavy (non-hydrogen) atoms. The first-order valence-corrected chi connectivity index (χ1v) is 12.0. The second-order valence-electron chi connectivity index (χ2n) is 9.45. The molecule has 182 valence electrons. The number of aromatic nitrogens is 6. The van der Waals surface area contributed by atoms with Gasteiger partial charge in [-0.05, 0) is 72.9 Å². The summed E-state index contributed by atoms with van der Waals surface area (Å²) in [4.78, 5) is 20.7. The lowest BCUT2D eigenvalue weighted by Gasteiger charge is -2.28. The van der Waals surface area contributed by atoms with Crippen molar-refractivity contribution in [2.45, 2.75) is 31.8 Å². The molecule has 0 amide bonds. The molecular weight excluding hydrogens is 474 g/mol. The average Bonchev–Trinajstić information content (AvgIpc) is 3.63. The number of piperazine rings is 1. The molecule has 9 nitrogen and oxygen atoms in total. The minimum absolute atomic E-state index is 0. The van der Waals surface area contributed by atoms with Crippen LogP contribution in [0.4, 0.5) is 17.3 Å². The third kappa shape index (κ3) is 4.00. The molecular formula is C26H26ClN9. The van der Waals surface area contributed by atoms with Gasteiger partial charge in [-0.25, -0.2) is 24.5 Å². The van der Waals surface area contributed by atoms with E-state index in [0.717, 1.165) is 53.5 Å². The zero-order valence-electron chi connectivity index (χ0n) is 19.8. The molecule has 6 heterocycles. The van der Waals surface area contributed by atoms with Crippen LogP contribution in [0.15, 0.2) is 61.3 Å². The van der Waals surface area contributed by atoms with Gasteiger partial charge < -0.3 is 15.5 Å². The highest BCUT2D eigenvalue weighted by atomic mass is 35.5. The van der Waals surface area contributed by atoms with Gasteiger partial charge in [0.2, 0.25) is 0 Å². The number of benzene rings is 1. The quantitative estimate of drug-likeness (QED) is 0.378. The van der Waals surface area contributed by atoms with Crippen molar-refractivity contribution >= 4 is 46.4 Å². The standard InChI is InChI=1S/C26H25N9.ClH/c1-16-8-19(3-2-18(16)9-17-6-7-35-24(10-17)29-15-31-35)32-26-25-22(28-14-30-26)4-5-23(33-25)34-13-20-11-21(34)12-27-20;/h2-8,10,14-15,20-21,27H,9,11-13H2,1H3,(H,28,30,32);1H. The van der Waals surface area contributed by atoms with Gasteiger partial charge in [-0.1, -0.05) is 6.07 Å². The fraction of sp³-hybridized carbons (Fsp3) is 0.269. The summed E-state index contributed by atoms with van der Waals surface area (Å²) < 4.78 is 1.78. The maximum absolute atomic E-state index is 4.99. The Kier molecular flexibility index (Phi) is 5.66. The molecule has 0 saturated carbocycles. The first-order valence-electron chi connectivity index (χ1n) is 12.0. The third-order valence-corrected chi connectivity index (χ3v) is 7.16. The van der Waals surface area contributed by atoms with Crippen molar-refractivity contribution in [3.8, 4) is 0 Å². The molecule has 2 aliphatic heterocycles. The zero-order chi connectivity index (χ0) is 23.4. The molecule has 2 atom stereocenters. The van der Waals surface area contributed by atoms with Crippen LogP contribution in [0.1, 0.15) is 23.1 Å². The molecule has 2 aliphatic rings. The third-order valence-electron chi connectivity index (χ3n) is 7.16. The topological polar surface area (TPSA) is 96.2 Å². The van der Waals surface area contributed by atoms with Crippen molar-refractivity contribution in [2.24, 2.45) is 0 Å². The molecule has 1 aromatic carbocycles. The van der Waals surface area contributed by atoms with Crippen molar-refractivity contribution in [3.63, 3.8) is 0 Å². The number of pyridine rings is 2. The number of nitrogens with one attached hydrogen (secondary N) is 2. The van der Waals surface area contributed by atoms with Gasteiger partial charge in [0.05, 0.1) is 5.52 Å². The molecule has 0 aliphatic carbocycles. The van der Waals surface area contributed by atoms with Crippen LogP contribution in [0, 0.1) is 6.92 Å². The molecule has 7 rings (SSSR count). The summed E-state index contributed by atoms with van der Waals surface area (Å²) in [5.41, 5.74) is 7.16. The first kappa shape index (κ1) is 22.6. The molecule has 2 fully saturated rings. The number of rotatable bonds is 5. The lowest BCUT2D eigenvalue weighted by atomic mass is 10.0. The van der Waals surface area contributed by atoms with Crippen molar-refractivity contribution in [2.75, 3.05) is 23.3 Å². The second-order valence-corrected chi connectivity index (χ2v) is 9.45. The maximum atomic E-state index is 4.99. The molecule has 5 aromatic rings. The highest BCUT2D eigenvalue weighted by Gasteiger charge is 2.38. The van der Waals surface area contributed by atoms with E-state index in [-0.39, 0.29) is 12.4 Å². The minimum Gasteiger partial charge on any atom is -0.351 e. The maximum Gasteiger partial charge on any atom is 0.160 e. The summed E-state index contributed by atoms with van der Waals surface area (Å²) in [6.07, 6.45) is 7.15. The normalized spacial score (nSPS) is 18.6. The van der Waals surface area contributed by atoms with Crippen LogP contribution in [0.5, 0.6) is 0 Å². The van der Waals surface area contributed by atoms with Crippen LogP contribution >= 0.6 is 12.4 Å². The number of hydrogen-bond acceptors (Lipinski definition) is 8. The molecule has 2 bridgehead atoms. The Morgan fingerprint density at radius 3 is 2.83 bits per heavy atom. The van der Waals surface area contributed by atoms with Gasteiger partial charge in [0, 0.05) is 37.1 Å². The summed E-state index contributed by atoms with van der Waals surface area (Å²) in [5.74, 6) is 1.73. The second kappa shape index (κ2) is 9.00. The molecule has 4 aromatic heterocycles. The Balaban J connectivity index is 0.00000240. The van der Waals surface area contributed by atoms with Gasteiger partial charge in [0.1, 0.15) is 24.0 Å². The van der Waals surface area contributed by atoms with Crippen molar-refractivity contribution in [1.29, 1.82) is 0 Å². The van der Waals surface area contributed by atoms with E-state index in [9.17, 15) is 0 Å². The van der Waals surface area contributed by atoms with Crippen LogP contribution in [-0.2, 0) is 6.42 Å². The smallest absolute Gasteiger partial charge is 0.160 e. The van der Waals surface area contributed by atoms with Gasteiger partial charge in [0.25, 0.3) is 0 Å². The van der Waals surface area contributed by atoms with Crippen molar-refractivity contribution < 1.29 is 0 Å². The van der Waals surface area contributed by atoms with Crippen LogP contribution < -0.4 is 15.5 Å². The monoisotopic (exact) mass is 499 g/mol. The van der Waals surface area contributed by atoms with Crippen molar-refractivity contribution in [3.05, 3.63) is 78.0 Å². The average molecular weight is 500 g/mol. The van der Waals surface area contributed by atoms with Gasteiger partial charge in [0.15, 0.2) is 11.5 Å². The van der Waals surface area contributed by atoms with E-state index in [1.807, 2.05) is 12.3 Å².